The highest BCUT2D eigenvalue weighted by atomic mass is 19.1. The van der Waals surface area contributed by atoms with E-state index >= 15 is 0 Å². The highest BCUT2D eigenvalue weighted by Crippen LogP contribution is 2.28. The van der Waals surface area contributed by atoms with Crippen LogP contribution in [0.2, 0.25) is 0 Å². The SMILES string of the molecule is CCOCCOCCOCCNC(=O)N[C@@H]1CCC[C@H](Nc2nc(-c3c[nH]c4ncc(F)cc34)ncc2F)C1. The minimum absolute atomic E-state index is 0.0628. The average molecular weight is 548 g/mol. The minimum atomic E-state index is -0.588. The number of rotatable bonds is 14. The Labute approximate surface area is 225 Å². The number of halogens is 2. The van der Waals surface area contributed by atoms with Crippen molar-refractivity contribution in [1.29, 1.82) is 0 Å². The van der Waals surface area contributed by atoms with Crippen LogP contribution in [0.3, 0.4) is 0 Å². The lowest BCUT2D eigenvalue weighted by Gasteiger charge is -2.30. The van der Waals surface area contributed by atoms with Gasteiger partial charge in [0, 0.05) is 42.4 Å². The van der Waals surface area contributed by atoms with Gasteiger partial charge in [0.1, 0.15) is 11.5 Å². The molecule has 2 amide bonds. The summed E-state index contributed by atoms with van der Waals surface area (Å²) < 4.78 is 44.3. The maximum atomic E-state index is 14.6. The van der Waals surface area contributed by atoms with Crippen molar-refractivity contribution in [3.8, 4) is 11.4 Å². The van der Waals surface area contributed by atoms with Gasteiger partial charge in [0.2, 0.25) is 0 Å². The second-order valence-electron chi connectivity index (χ2n) is 9.17. The number of hydrogen-bond donors (Lipinski definition) is 4. The molecule has 1 fully saturated rings. The van der Waals surface area contributed by atoms with Crippen LogP contribution in [-0.2, 0) is 14.2 Å². The molecule has 1 aliphatic rings. The second kappa shape index (κ2) is 14.7. The third kappa shape index (κ3) is 8.53. The fourth-order valence-corrected chi connectivity index (χ4v) is 4.46. The van der Waals surface area contributed by atoms with Crippen molar-refractivity contribution in [2.75, 3.05) is 51.5 Å². The Morgan fingerprint density at radius 3 is 2.64 bits per heavy atom. The quantitative estimate of drug-likeness (QED) is 0.226. The van der Waals surface area contributed by atoms with E-state index in [4.69, 9.17) is 14.2 Å². The molecular weight excluding hydrogens is 512 g/mol. The molecule has 13 heteroatoms. The number of aromatic nitrogens is 4. The van der Waals surface area contributed by atoms with Crippen molar-refractivity contribution in [2.24, 2.45) is 0 Å². The van der Waals surface area contributed by atoms with Crippen molar-refractivity contribution in [3.63, 3.8) is 0 Å². The number of aromatic amines is 1. The molecular formula is C26H35F2N7O4. The molecule has 3 aromatic rings. The number of amides is 2. The Kier molecular flexibility index (Phi) is 10.7. The first-order valence-electron chi connectivity index (χ1n) is 13.2. The maximum Gasteiger partial charge on any atom is 0.315 e. The molecule has 2 atom stereocenters. The number of anilines is 1. The molecule has 39 heavy (non-hydrogen) atoms. The summed E-state index contributed by atoms with van der Waals surface area (Å²) in [5.41, 5.74) is 1.01. The Bertz CT molecular complexity index is 1210. The van der Waals surface area contributed by atoms with Crippen LogP contribution < -0.4 is 16.0 Å². The molecule has 0 aromatic carbocycles. The zero-order valence-electron chi connectivity index (χ0n) is 22.0. The summed E-state index contributed by atoms with van der Waals surface area (Å²) in [5.74, 6) is -0.759. The van der Waals surface area contributed by atoms with E-state index in [1.807, 2.05) is 6.92 Å². The number of hydrogen-bond acceptors (Lipinski definition) is 8. The summed E-state index contributed by atoms with van der Waals surface area (Å²) in [5, 5.41) is 9.45. The number of nitrogens with one attached hydrogen (secondary N) is 4. The predicted molar refractivity (Wildman–Crippen MR) is 141 cm³/mol. The zero-order valence-corrected chi connectivity index (χ0v) is 22.0. The van der Waals surface area contributed by atoms with E-state index in [0.717, 1.165) is 31.7 Å². The summed E-state index contributed by atoms with van der Waals surface area (Å²) in [6.45, 7) is 5.37. The van der Waals surface area contributed by atoms with Crippen LogP contribution >= 0.6 is 0 Å². The van der Waals surface area contributed by atoms with E-state index in [1.54, 1.807) is 6.20 Å². The molecule has 0 saturated heterocycles. The number of nitrogens with zero attached hydrogens (tertiary/aromatic N) is 3. The van der Waals surface area contributed by atoms with Crippen LogP contribution in [0.1, 0.15) is 32.6 Å². The van der Waals surface area contributed by atoms with Gasteiger partial charge in [-0.05, 0) is 38.7 Å². The highest BCUT2D eigenvalue weighted by molar-refractivity contribution is 5.91. The Balaban J connectivity index is 1.21. The van der Waals surface area contributed by atoms with Crippen LogP contribution in [0.4, 0.5) is 19.4 Å². The summed E-state index contributed by atoms with van der Waals surface area (Å²) in [6.07, 6.45) is 6.94. The summed E-state index contributed by atoms with van der Waals surface area (Å²) in [7, 11) is 0. The monoisotopic (exact) mass is 547 g/mol. The summed E-state index contributed by atoms with van der Waals surface area (Å²) in [6, 6.07) is 0.910. The van der Waals surface area contributed by atoms with E-state index in [-0.39, 0.29) is 29.8 Å². The molecule has 212 valence electrons. The van der Waals surface area contributed by atoms with Crippen LogP contribution in [-0.4, -0.2) is 84.2 Å². The Morgan fingerprint density at radius 1 is 1.05 bits per heavy atom. The number of carbonyl (C=O) groups excluding carboxylic acids is 1. The normalized spacial score (nSPS) is 17.3. The molecule has 1 aliphatic carbocycles. The van der Waals surface area contributed by atoms with Gasteiger partial charge in [-0.15, -0.1) is 0 Å². The van der Waals surface area contributed by atoms with Gasteiger partial charge in [0.15, 0.2) is 17.5 Å². The molecule has 3 heterocycles. The molecule has 4 N–H and O–H groups in total. The van der Waals surface area contributed by atoms with E-state index in [0.29, 0.717) is 69.2 Å². The number of ether oxygens (including phenoxy) is 3. The van der Waals surface area contributed by atoms with Gasteiger partial charge in [0.05, 0.1) is 45.4 Å². The Morgan fingerprint density at radius 2 is 1.82 bits per heavy atom. The van der Waals surface area contributed by atoms with E-state index in [9.17, 15) is 13.6 Å². The standard InChI is InChI=1S/C26H35F2N7O4/c1-2-37-8-9-39-11-10-38-7-6-29-26(36)34-19-5-3-4-18(13-19)33-25-22(28)16-32-24(35-25)21-15-31-23-20(21)12-17(27)14-30-23/h12,14-16,18-19H,2-11,13H2,1H3,(H,30,31)(H2,29,34,36)(H,32,33,35)/t18-,19+/m0/s1. The number of urea groups is 1. The van der Waals surface area contributed by atoms with Gasteiger partial charge < -0.3 is 35.1 Å². The minimum Gasteiger partial charge on any atom is -0.379 e. The number of pyridine rings is 1. The maximum absolute atomic E-state index is 14.6. The smallest absolute Gasteiger partial charge is 0.315 e. The van der Waals surface area contributed by atoms with Crippen molar-refractivity contribution in [3.05, 3.63) is 36.3 Å². The largest absolute Gasteiger partial charge is 0.379 e. The first-order valence-corrected chi connectivity index (χ1v) is 13.2. The Hall–Kier alpha value is -3.42. The lowest BCUT2D eigenvalue weighted by molar-refractivity contribution is 0.0178. The van der Waals surface area contributed by atoms with Crippen molar-refractivity contribution in [2.45, 2.75) is 44.7 Å². The molecule has 4 rings (SSSR count). The number of H-pyrrole nitrogens is 1. The van der Waals surface area contributed by atoms with Gasteiger partial charge in [0.25, 0.3) is 0 Å². The zero-order chi connectivity index (χ0) is 27.5. The van der Waals surface area contributed by atoms with Gasteiger partial charge in [-0.3, -0.25) is 0 Å². The van der Waals surface area contributed by atoms with Crippen LogP contribution in [0.15, 0.2) is 24.7 Å². The number of fused-ring (bicyclic) bond motifs is 1. The van der Waals surface area contributed by atoms with E-state index < -0.39 is 11.6 Å². The van der Waals surface area contributed by atoms with Gasteiger partial charge in [-0.1, -0.05) is 0 Å². The van der Waals surface area contributed by atoms with Gasteiger partial charge in [-0.2, -0.15) is 0 Å². The topological polar surface area (TPSA) is 135 Å². The second-order valence-corrected chi connectivity index (χ2v) is 9.17. The van der Waals surface area contributed by atoms with E-state index in [1.165, 1.54) is 6.07 Å². The first kappa shape index (κ1) is 28.6. The van der Waals surface area contributed by atoms with Crippen LogP contribution in [0.5, 0.6) is 0 Å². The third-order valence-electron chi connectivity index (χ3n) is 6.31. The predicted octanol–water partition coefficient (Wildman–Crippen LogP) is 3.39. The lowest BCUT2D eigenvalue weighted by atomic mass is 9.91. The number of carbonyl (C=O) groups is 1. The lowest BCUT2D eigenvalue weighted by Crippen LogP contribution is -2.46. The summed E-state index contributed by atoms with van der Waals surface area (Å²) in [4.78, 5) is 27.7. The molecule has 0 spiro atoms. The third-order valence-corrected chi connectivity index (χ3v) is 6.31. The molecule has 0 unspecified atom stereocenters. The van der Waals surface area contributed by atoms with Crippen molar-refractivity contribution >= 4 is 22.9 Å². The molecule has 0 bridgehead atoms. The molecule has 0 aliphatic heterocycles. The first-order chi connectivity index (χ1) is 19.0. The van der Waals surface area contributed by atoms with Crippen LogP contribution in [0.25, 0.3) is 22.4 Å². The fourth-order valence-electron chi connectivity index (χ4n) is 4.46. The van der Waals surface area contributed by atoms with Crippen molar-refractivity contribution in [1.82, 2.24) is 30.6 Å². The highest BCUT2D eigenvalue weighted by Gasteiger charge is 2.25. The van der Waals surface area contributed by atoms with Gasteiger partial charge >= 0.3 is 6.03 Å². The molecule has 1 saturated carbocycles. The van der Waals surface area contributed by atoms with Crippen molar-refractivity contribution < 1.29 is 27.8 Å². The summed E-state index contributed by atoms with van der Waals surface area (Å²) >= 11 is 0. The molecule has 0 radical (unpaired) electrons. The molecule has 3 aromatic heterocycles. The van der Waals surface area contributed by atoms with Gasteiger partial charge in [-0.25, -0.2) is 28.5 Å². The fraction of sp³-hybridized carbons (Fsp3) is 0.538. The van der Waals surface area contributed by atoms with Crippen LogP contribution in [0, 0.1) is 11.6 Å². The average Bonchev–Trinajstić information content (AvgIpc) is 3.34. The van der Waals surface area contributed by atoms with E-state index in [2.05, 4.69) is 35.9 Å². The molecule has 11 nitrogen and oxygen atoms in total.